The number of nitrogens with one attached hydrogen (secondary N) is 1. The summed E-state index contributed by atoms with van der Waals surface area (Å²) in [7, 11) is 0. The summed E-state index contributed by atoms with van der Waals surface area (Å²) < 4.78 is 3.60. The van der Waals surface area contributed by atoms with E-state index in [9.17, 15) is 0 Å². The van der Waals surface area contributed by atoms with Crippen LogP contribution in [0.2, 0.25) is 0 Å². The number of nitrogens with zero attached hydrogens (tertiary/aromatic N) is 3. The predicted molar refractivity (Wildman–Crippen MR) is 49.1 cm³/mol. The maximum Gasteiger partial charge on any atom is 0.229 e. The largest absolute Gasteiger partial charge is 0.508 e. The van der Waals surface area contributed by atoms with Crippen molar-refractivity contribution in [3.8, 4) is 5.75 Å². The third kappa shape index (κ3) is 1.91. The highest BCUT2D eigenvalue weighted by Gasteiger charge is 1.97. The monoisotopic (exact) mass is 194 g/mol. The number of rotatable bonds is 2. The van der Waals surface area contributed by atoms with Gasteiger partial charge in [0, 0.05) is 17.2 Å². The van der Waals surface area contributed by atoms with Crippen LogP contribution in [-0.2, 0) is 0 Å². The number of aromatic hydroxyl groups is 1. The second-order valence-corrected chi connectivity index (χ2v) is 3.07. The topological polar surface area (TPSA) is 70.9 Å². The molecule has 1 aromatic heterocycles. The van der Waals surface area contributed by atoms with E-state index in [2.05, 4.69) is 20.1 Å². The summed E-state index contributed by atoms with van der Waals surface area (Å²) in [6.07, 6.45) is 0. The van der Waals surface area contributed by atoms with Crippen LogP contribution in [0.1, 0.15) is 0 Å². The van der Waals surface area contributed by atoms with Crippen LogP contribution in [-0.4, -0.2) is 19.9 Å². The first-order valence-corrected chi connectivity index (χ1v) is 4.33. The molecule has 6 heteroatoms. The van der Waals surface area contributed by atoms with Crippen LogP contribution in [0.25, 0.3) is 0 Å². The van der Waals surface area contributed by atoms with Crippen molar-refractivity contribution in [2.45, 2.75) is 0 Å². The van der Waals surface area contributed by atoms with Crippen molar-refractivity contribution in [1.29, 1.82) is 0 Å². The lowest BCUT2D eigenvalue weighted by molar-refractivity contribution is 0.475. The maximum atomic E-state index is 9.02. The van der Waals surface area contributed by atoms with Crippen LogP contribution >= 0.6 is 11.5 Å². The fourth-order valence-corrected chi connectivity index (χ4v) is 1.24. The van der Waals surface area contributed by atoms with Crippen molar-refractivity contribution in [3.05, 3.63) is 24.3 Å². The molecule has 1 aromatic carbocycles. The molecule has 0 bridgehead atoms. The second kappa shape index (κ2) is 3.36. The smallest absolute Gasteiger partial charge is 0.229 e. The number of hydrogen-bond donors (Lipinski definition) is 2. The van der Waals surface area contributed by atoms with Crippen LogP contribution < -0.4 is 5.32 Å². The maximum absolute atomic E-state index is 9.02. The van der Waals surface area contributed by atoms with Gasteiger partial charge in [0.1, 0.15) is 5.75 Å². The molecule has 0 unspecified atom stereocenters. The number of aromatic nitrogens is 3. The van der Waals surface area contributed by atoms with Crippen LogP contribution in [0.3, 0.4) is 0 Å². The lowest BCUT2D eigenvalue weighted by Gasteiger charge is -1.99. The Balaban J connectivity index is 2.15. The molecule has 13 heavy (non-hydrogen) atoms. The molecule has 0 radical (unpaired) electrons. The number of benzene rings is 1. The molecule has 0 spiro atoms. The molecular weight excluding hydrogens is 188 g/mol. The fraction of sp³-hybridized carbons (Fsp3) is 0. The van der Waals surface area contributed by atoms with E-state index in [0.717, 1.165) is 5.69 Å². The van der Waals surface area contributed by atoms with Gasteiger partial charge in [0.25, 0.3) is 0 Å². The van der Waals surface area contributed by atoms with Crippen molar-refractivity contribution >= 4 is 22.4 Å². The first kappa shape index (κ1) is 7.93. The van der Waals surface area contributed by atoms with Gasteiger partial charge in [-0.05, 0) is 29.5 Å². The number of phenolic OH excluding ortho intramolecular Hbond substituents is 1. The van der Waals surface area contributed by atoms with Crippen molar-refractivity contribution < 1.29 is 5.11 Å². The van der Waals surface area contributed by atoms with Gasteiger partial charge in [-0.2, -0.15) is 0 Å². The van der Waals surface area contributed by atoms with Crippen LogP contribution in [0.15, 0.2) is 24.3 Å². The van der Waals surface area contributed by atoms with Crippen molar-refractivity contribution in [2.75, 3.05) is 5.32 Å². The Kier molecular flexibility index (Phi) is 2.05. The van der Waals surface area contributed by atoms with E-state index in [1.807, 2.05) is 0 Å². The number of anilines is 2. The van der Waals surface area contributed by atoms with Gasteiger partial charge < -0.3 is 10.4 Å². The average Bonchev–Trinajstić information content (AvgIpc) is 2.62. The Morgan fingerprint density at radius 2 is 2.00 bits per heavy atom. The van der Waals surface area contributed by atoms with Gasteiger partial charge >= 0.3 is 0 Å². The van der Waals surface area contributed by atoms with E-state index >= 15 is 0 Å². The quantitative estimate of drug-likeness (QED) is 0.707. The molecule has 0 aliphatic rings. The Labute approximate surface area is 78.2 Å². The van der Waals surface area contributed by atoms with Crippen LogP contribution in [0.4, 0.5) is 10.8 Å². The van der Waals surface area contributed by atoms with Gasteiger partial charge in [-0.3, -0.25) is 0 Å². The Morgan fingerprint density at radius 3 is 2.62 bits per heavy atom. The average molecular weight is 194 g/mol. The van der Waals surface area contributed by atoms with Crippen molar-refractivity contribution in [3.63, 3.8) is 0 Å². The van der Waals surface area contributed by atoms with E-state index in [1.165, 1.54) is 11.5 Å². The molecule has 2 rings (SSSR count). The zero-order valence-corrected chi connectivity index (χ0v) is 7.32. The van der Waals surface area contributed by atoms with Crippen molar-refractivity contribution in [1.82, 2.24) is 14.8 Å². The minimum Gasteiger partial charge on any atom is -0.508 e. The third-order valence-corrected chi connectivity index (χ3v) is 1.93. The third-order valence-electron chi connectivity index (χ3n) is 1.42. The van der Waals surface area contributed by atoms with Crippen LogP contribution in [0.5, 0.6) is 5.75 Å². The van der Waals surface area contributed by atoms with E-state index in [4.69, 9.17) is 5.11 Å². The first-order chi connectivity index (χ1) is 6.34. The molecule has 0 saturated carbocycles. The van der Waals surface area contributed by atoms with Gasteiger partial charge in [-0.15, -0.1) is 0 Å². The Bertz CT molecular complexity index is 372. The van der Waals surface area contributed by atoms with Crippen molar-refractivity contribution in [2.24, 2.45) is 0 Å². The highest BCUT2D eigenvalue weighted by molar-refractivity contribution is 7.09. The molecule has 0 fully saturated rings. The minimum atomic E-state index is 0.237. The Hall–Kier alpha value is -1.69. The molecule has 0 atom stereocenters. The fourth-order valence-electron chi connectivity index (χ4n) is 0.850. The summed E-state index contributed by atoms with van der Waals surface area (Å²) in [4.78, 5) is 0. The molecule has 1 heterocycles. The first-order valence-electron chi connectivity index (χ1n) is 3.56. The van der Waals surface area contributed by atoms with E-state index < -0.39 is 0 Å². The number of hydrogen-bond acceptors (Lipinski definition) is 6. The summed E-state index contributed by atoms with van der Waals surface area (Å²) >= 11 is 1.18. The molecule has 0 saturated heterocycles. The summed E-state index contributed by atoms with van der Waals surface area (Å²) in [6, 6.07) is 6.68. The summed E-state index contributed by atoms with van der Waals surface area (Å²) in [5.41, 5.74) is 0.844. The van der Waals surface area contributed by atoms with E-state index in [0.29, 0.717) is 5.13 Å². The zero-order valence-electron chi connectivity index (χ0n) is 6.51. The molecule has 2 aromatic rings. The second-order valence-electron chi connectivity index (χ2n) is 2.34. The standard InChI is InChI=1S/C7H6N4OS/c12-6-3-1-5(2-4-6)8-7-9-10-11-13-7/h1-4,12H,(H,8,9,11). The van der Waals surface area contributed by atoms with Gasteiger partial charge in [0.15, 0.2) is 0 Å². The molecule has 2 N–H and O–H groups in total. The minimum absolute atomic E-state index is 0.237. The molecule has 0 amide bonds. The van der Waals surface area contributed by atoms with E-state index in [-0.39, 0.29) is 5.75 Å². The van der Waals surface area contributed by atoms with Gasteiger partial charge in [-0.25, -0.2) is 0 Å². The molecule has 0 aliphatic heterocycles. The normalized spacial score (nSPS) is 9.85. The molecule has 0 aliphatic carbocycles. The van der Waals surface area contributed by atoms with Gasteiger partial charge in [0.05, 0.1) is 0 Å². The lowest BCUT2D eigenvalue weighted by atomic mass is 10.3. The highest BCUT2D eigenvalue weighted by Crippen LogP contribution is 2.18. The van der Waals surface area contributed by atoms with Crippen LogP contribution in [0, 0.1) is 0 Å². The SMILES string of the molecule is Oc1ccc(Nc2nnns2)cc1. The van der Waals surface area contributed by atoms with Gasteiger partial charge in [0.2, 0.25) is 5.13 Å². The van der Waals surface area contributed by atoms with Gasteiger partial charge in [-0.1, -0.05) is 9.59 Å². The molecule has 5 nitrogen and oxygen atoms in total. The predicted octanol–water partition coefficient (Wildman–Crippen LogP) is 1.38. The highest BCUT2D eigenvalue weighted by atomic mass is 32.1. The van der Waals surface area contributed by atoms with E-state index in [1.54, 1.807) is 24.3 Å². The lowest BCUT2D eigenvalue weighted by Crippen LogP contribution is -1.88. The molecule has 66 valence electrons. The Morgan fingerprint density at radius 1 is 1.23 bits per heavy atom. The number of phenols is 1. The summed E-state index contributed by atoms with van der Waals surface area (Å²) in [5.74, 6) is 0.237. The summed E-state index contributed by atoms with van der Waals surface area (Å²) in [5, 5.41) is 19.8. The molecular formula is C7H6N4OS. The summed E-state index contributed by atoms with van der Waals surface area (Å²) in [6.45, 7) is 0. The zero-order chi connectivity index (χ0) is 9.10.